The largest absolute Gasteiger partial charge is 0.375 e. The molecule has 0 aliphatic heterocycles. The van der Waals surface area contributed by atoms with Gasteiger partial charge in [0.2, 0.25) is 0 Å². The quantitative estimate of drug-likeness (QED) is 0.860. The van der Waals surface area contributed by atoms with Crippen molar-refractivity contribution in [2.24, 2.45) is 0 Å². The predicted octanol–water partition coefficient (Wildman–Crippen LogP) is 3.07. The molecule has 2 aromatic rings. The van der Waals surface area contributed by atoms with Crippen LogP contribution in [0.25, 0.3) is 0 Å². The van der Waals surface area contributed by atoms with Gasteiger partial charge < -0.3 is 5.73 Å². The van der Waals surface area contributed by atoms with Crippen molar-refractivity contribution in [3.05, 3.63) is 47.0 Å². The summed E-state index contributed by atoms with van der Waals surface area (Å²) in [4.78, 5) is 4.30. The van der Waals surface area contributed by atoms with E-state index in [0.717, 1.165) is 12.1 Å². The second kappa shape index (κ2) is 4.45. The van der Waals surface area contributed by atoms with Crippen LogP contribution in [-0.4, -0.2) is 4.98 Å². The molecule has 0 aliphatic carbocycles. The number of aromatic nitrogens is 1. The number of anilines is 1. The van der Waals surface area contributed by atoms with E-state index in [4.69, 9.17) is 5.73 Å². The lowest BCUT2D eigenvalue weighted by molar-refractivity contribution is 0.738. The van der Waals surface area contributed by atoms with Gasteiger partial charge in [-0.2, -0.15) is 0 Å². The second-order valence-corrected chi connectivity index (χ2v) is 4.59. The molecule has 1 aromatic carbocycles. The van der Waals surface area contributed by atoms with E-state index in [0.29, 0.717) is 11.0 Å². The van der Waals surface area contributed by atoms with Crippen LogP contribution in [0.15, 0.2) is 35.7 Å². The Bertz CT molecular complexity index is 422. The molecule has 0 saturated heterocycles. The summed E-state index contributed by atoms with van der Waals surface area (Å²) >= 11 is 1.51. The van der Waals surface area contributed by atoms with Crippen molar-refractivity contribution in [3.8, 4) is 0 Å². The Morgan fingerprint density at radius 2 is 2.07 bits per heavy atom. The van der Waals surface area contributed by atoms with Crippen LogP contribution in [0, 0.1) is 0 Å². The number of benzene rings is 1. The highest BCUT2D eigenvalue weighted by Gasteiger charge is 2.09. The van der Waals surface area contributed by atoms with Gasteiger partial charge >= 0.3 is 0 Å². The molecule has 0 unspecified atom stereocenters. The zero-order valence-corrected chi connectivity index (χ0v) is 9.50. The lowest BCUT2D eigenvalue weighted by Gasteiger charge is -2.07. The second-order valence-electron chi connectivity index (χ2n) is 3.70. The number of nitrogens with zero attached hydrogens (tertiary/aromatic N) is 1. The Kier molecular flexibility index (Phi) is 3.02. The van der Waals surface area contributed by atoms with Crippen LogP contribution >= 0.6 is 11.3 Å². The van der Waals surface area contributed by atoms with E-state index in [1.54, 1.807) is 0 Å². The standard InChI is InChI=1S/C12H14N2S/c1-9(11-8-15-12(13)14-11)7-10-5-3-2-4-6-10/h2-6,8-9H,7H2,1H3,(H2,13,14)/t9-/m1/s1. The first-order chi connectivity index (χ1) is 7.25. The van der Waals surface area contributed by atoms with Crippen molar-refractivity contribution in [2.75, 3.05) is 5.73 Å². The summed E-state index contributed by atoms with van der Waals surface area (Å²) in [7, 11) is 0. The van der Waals surface area contributed by atoms with Crippen LogP contribution in [0.1, 0.15) is 24.1 Å². The van der Waals surface area contributed by atoms with E-state index in [-0.39, 0.29) is 0 Å². The number of rotatable bonds is 3. The first-order valence-corrected chi connectivity index (χ1v) is 5.88. The van der Waals surface area contributed by atoms with Crippen molar-refractivity contribution in [1.29, 1.82) is 0 Å². The monoisotopic (exact) mass is 218 g/mol. The molecular formula is C12H14N2S. The third-order valence-electron chi connectivity index (χ3n) is 2.43. The maximum absolute atomic E-state index is 5.62. The molecule has 3 heteroatoms. The molecule has 15 heavy (non-hydrogen) atoms. The first kappa shape index (κ1) is 10.2. The van der Waals surface area contributed by atoms with Gasteiger partial charge in [-0.25, -0.2) is 4.98 Å². The maximum atomic E-state index is 5.62. The zero-order valence-electron chi connectivity index (χ0n) is 8.68. The number of hydrogen-bond acceptors (Lipinski definition) is 3. The summed E-state index contributed by atoms with van der Waals surface area (Å²) in [5, 5.41) is 2.70. The van der Waals surface area contributed by atoms with E-state index in [1.807, 2.05) is 11.4 Å². The third-order valence-corrected chi connectivity index (χ3v) is 3.12. The Labute approximate surface area is 93.8 Å². The minimum absolute atomic E-state index is 0.431. The van der Waals surface area contributed by atoms with Crippen LogP contribution < -0.4 is 5.73 Å². The van der Waals surface area contributed by atoms with E-state index in [2.05, 4.69) is 36.2 Å². The number of thiazole rings is 1. The molecule has 1 atom stereocenters. The normalized spacial score (nSPS) is 12.6. The average molecular weight is 218 g/mol. The van der Waals surface area contributed by atoms with Gasteiger partial charge in [0.1, 0.15) is 0 Å². The zero-order chi connectivity index (χ0) is 10.7. The molecule has 0 amide bonds. The summed E-state index contributed by atoms with van der Waals surface area (Å²) in [6, 6.07) is 10.5. The minimum Gasteiger partial charge on any atom is -0.375 e. The third kappa shape index (κ3) is 2.57. The van der Waals surface area contributed by atoms with Crippen LogP contribution in [0.2, 0.25) is 0 Å². The smallest absolute Gasteiger partial charge is 0.180 e. The van der Waals surface area contributed by atoms with Gasteiger partial charge in [0.15, 0.2) is 5.13 Å². The molecule has 0 fully saturated rings. The molecular weight excluding hydrogens is 204 g/mol. The van der Waals surface area contributed by atoms with Crippen LogP contribution in [0.5, 0.6) is 0 Å². The lowest BCUT2D eigenvalue weighted by Crippen LogP contribution is -1.99. The maximum Gasteiger partial charge on any atom is 0.180 e. The molecule has 2 nitrogen and oxygen atoms in total. The number of nitrogen functional groups attached to an aromatic ring is 1. The van der Waals surface area contributed by atoms with Gasteiger partial charge in [0, 0.05) is 11.3 Å². The van der Waals surface area contributed by atoms with Crippen molar-refractivity contribution in [2.45, 2.75) is 19.3 Å². The van der Waals surface area contributed by atoms with Crippen LogP contribution in [0.4, 0.5) is 5.13 Å². The number of hydrogen-bond donors (Lipinski definition) is 1. The highest BCUT2D eigenvalue weighted by molar-refractivity contribution is 7.13. The summed E-state index contributed by atoms with van der Waals surface area (Å²) in [5.41, 5.74) is 8.06. The summed E-state index contributed by atoms with van der Waals surface area (Å²) in [6.07, 6.45) is 1.02. The highest BCUT2D eigenvalue weighted by atomic mass is 32.1. The molecule has 2 N–H and O–H groups in total. The van der Waals surface area contributed by atoms with Gasteiger partial charge in [-0.15, -0.1) is 11.3 Å². The van der Waals surface area contributed by atoms with Crippen molar-refractivity contribution < 1.29 is 0 Å². The Morgan fingerprint density at radius 3 is 2.67 bits per heavy atom. The van der Waals surface area contributed by atoms with E-state index in [1.165, 1.54) is 16.9 Å². The van der Waals surface area contributed by atoms with Gasteiger partial charge in [-0.05, 0) is 12.0 Å². The van der Waals surface area contributed by atoms with Crippen LogP contribution in [0.3, 0.4) is 0 Å². The van der Waals surface area contributed by atoms with E-state index in [9.17, 15) is 0 Å². The summed E-state index contributed by atoms with van der Waals surface area (Å²) < 4.78 is 0. The minimum atomic E-state index is 0.431. The summed E-state index contributed by atoms with van der Waals surface area (Å²) in [6.45, 7) is 2.18. The predicted molar refractivity (Wildman–Crippen MR) is 65.1 cm³/mol. The van der Waals surface area contributed by atoms with Gasteiger partial charge in [-0.3, -0.25) is 0 Å². The van der Waals surface area contributed by atoms with Gasteiger partial charge in [0.25, 0.3) is 0 Å². The van der Waals surface area contributed by atoms with Crippen molar-refractivity contribution in [3.63, 3.8) is 0 Å². The Hall–Kier alpha value is -1.35. The molecule has 2 rings (SSSR count). The molecule has 0 spiro atoms. The van der Waals surface area contributed by atoms with Crippen molar-refractivity contribution in [1.82, 2.24) is 4.98 Å². The Balaban J connectivity index is 2.07. The molecule has 0 radical (unpaired) electrons. The average Bonchev–Trinajstić information content (AvgIpc) is 2.66. The SMILES string of the molecule is C[C@H](Cc1ccccc1)c1csc(N)n1. The molecule has 1 aromatic heterocycles. The molecule has 1 heterocycles. The fraction of sp³-hybridized carbons (Fsp3) is 0.250. The molecule has 0 bridgehead atoms. The van der Waals surface area contributed by atoms with Gasteiger partial charge in [-0.1, -0.05) is 37.3 Å². The number of nitrogens with two attached hydrogens (primary N) is 1. The molecule has 78 valence electrons. The fourth-order valence-electron chi connectivity index (χ4n) is 1.60. The van der Waals surface area contributed by atoms with Crippen molar-refractivity contribution >= 4 is 16.5 Å². The molecule has 0 aliphatic rings. The lowest BCUT2D eigenvalue weighted by atomic mass is 9.99. The van der Waals surface area contributed by atoms with E-state index < -0.39 is 0 Å². The molecule has 0 saturated carbocycles. The first-order valence-electron chi connectivity index (χ1n) is 5.00. The van der Waals surface area contributed by atoms with E-state index >= 15 is 0 Å². The Morgan fingerprint density at radius 1 is 1.33 bits per heavy atom. The summed E-state index contributed by atoms with van der Waals surface area (Å²) in [5.74, 6) is 0.431. The van der Waals surface area contributed by atoms with Crippen LogP contribution in [-0.2, 0) is 6.42 Å². The fourth-order valence-corrected chi connectivity index (χ4v) is 2.28. The van der Waals surface area contributed by atoms with Gasteiger partial charge in [0.05, 0.1) is 5.69 Å². The topological polar surface area (TPSA) is 38.9 Å². The highest BCUT2D eigenvalue weighted by Crippen LogP contribution is 2.22.